The summed E-state index contributed by atoms with van der Waals surface area (Å²) >= 11 is 13.7. The van der Waals surface area contributed by atoms with Crippen LogP contribution in [0.4, 0.5) is 0 Å². The van der Waals surface area contributed by atoms with Crippen LogP contribution in [0.2, 0.25) is 10.0 Å². The molecule has 0 saturated carbocycles. The number of rotatable bonds is 5. The maximum Gasteiger partial charge on any atom is 0.206 e. The maximum atomic E-state index is 6.15. The molecule has 0 atom stereocenters. The quantitative estimate of drug-likeness (QED) is 0.490. The zero-order valence-electron chi connectivity index (χ0n) is 12.6. The molecule has 0 unspecified atom stereocenters. The van der Waals surface area contributed by atoms with Gasteiger partial charge in [0.25, 0.3) is 0 Å². The molecule has 0 fully saturated rings. The molecule has 3 aromatic rings. The highest BCUT2D eigenvalue weighted by molar-refractivity contribution is 7.07. The molecule has 2 aromatic heterocycles. The van der Waals surface area contributed by atoms with Crippen LogP contribution in [0.5, 0.6) is 0 Å². The highest BCUT2D eigenvalue weighted by Gasteiger charge is 2.09. The first-order chi connectivity index (χ1) is 11.7. The Morgan fingerprint density at radius 3 is 2.83 bits per heavy atom. The highest BCUT2D eigenvalue weighted by Crippen LogP contribution is 2.28. The molecule has 7 heteroatoms. The molecular formula is C17H14Cl2N4S. The van der Waals surface area contributed by atoms with Crippen LogP contribution in [0.25, 0.3) is 11.3 Å². The van der Waals surface area contributed by atoms with Crippen molar-refractivity contribution in [3.05, 3.63) is 75.1 Å². The number of nitrogens with one attached hydrogen (secondary N) is 1. The Balaban J connectivity index is 2.10. The number of hydrogen-bond donors (Lipinski definition) is 1. The average molecular weight is 377 g/mol. The minimum Gasteiger partial charge on any atom is -0.360 e. The highest BCUT2D eigenvalue weighted by atomic mass is 35.5. The molecule has 24 heavy (non-hydrogen) atoms. The molecular weight excluding hydrogens is 363 g/mol. The number of thiazole rings is 1. The lowest BCUT2D eigenvalue weighted by molar-refractivity contribution is 0.840. The Morgan fingerprint density at radius 2 is 2.12 bits per heavy atom. The number of nitrogens with zero attached hydrogens (tertiary/aromatic N) is 3. The summed E-state index contributed by atoms with van der Waals surface area (Å²) in [5, 5.41) is 7.58. The van der Waals surface area contributed by atoms with Gasteiger partial charge in [-0.3, -0.25) is 4.99 Å². The third kappa shape index (κ3) is 3.70. The number of aromatic amines is 1. The Bertz CT molecular complexity index is 936. The molecule has 122 valence electrons. The molecule has 3 rings (SSSR count). The van der Waals surface area contributed by atoms with Crippen molar-refractivity contribution in [2.45, 2.75) is 0 Å². The van der Waals surface area contributed by atoms with Gasteiger partial charge in [-0.2, -0.15) is 5.10 Å². The summed E-state index contributed by atoms with van der Waals surface area (Å²) in [4.78, 5) is 8.36. The minimum absolute atomic E-state index is 0.504. The molecule has 1 aromatic carbocycles. The summed E-state index contributed by atoms with van der Waals surface area (Å²) in [6.07, 6.45) is 5.35. The van der Waals surface area contributed by atoms with E-state index in [0.717, 1.165) is 21.8 Å². The zero-order chi connectivity index (χ0) is 16.9. The van der Waals surface area contributed by atoms with Crippen molar-refractivity contribution in [3.63, 3.8) is 0 Å². The fourth-order valence-electron chi connectivity index (χ4n) is 2.06. The second-order valence-electron chi connectivity index (χ2n) is 4.84. The maximum absolute atomic E-state index is 6.15. The minimum atomic E-state index is 0.504. The SMILES string of the molecule is C=CCN=c1scc(-c2ccc(Cl)c(Cl)c2)n1N=Cc1ccc[nH]1. The number of benzene rings is 1. The van der Waals surface area contributed by atoms with Gasteiger partial charge in [-0.1, -0.05) is 35.3 Å². The van der Waals surface area contributed by atoms with Crippen LogP contribution in [0.1, 0.15) is 5.69 Å². The molecule has 4 nitrogen and oxygen atoms in total. The monoisotopic (exact) mass is 376 g/mol. The zero-order valence-corrected chi connectivity index (χ0v) is 14.9. The number of halogens is 2. The van der Waals surface area contributed by atoms with Crippen molar-refractivity contribution in [2.24, 2.45) is 10.1 Å². The Hall–Kier alpha value is -2.08. The van der Waals surface area contributed by atoms with Crippen molar-refractivity contribution in [2.75, 3.05) is 6.54 Å². The van der Waals surface area contributed by atoms with Crippen molar-refractivity contribution in [1.29, 1.82) is 0 Å². The van der Waals surface area contributed by atoms with Gasteiger partial charge in [-0.15, -0.1) is 17.9 Å². The number of aromatic nitrogens is 2. The van der Waals surface area contributed by atoms with Crippen molar-refractivity contribution in [1.82, 2.24) is 9.66 Å². The van der Waals surface area contributed by atoms with E-state index in [1.54, 1.807) is 23.0 Å². The van der Waals surface area contributed by atoms with E-state index in [1.807, 2.05) is 35.8 Å². The van der Waals surface area contributed by atoms with Crippen LogP contribution in [0.15, 0.2) is 64.7 Å². The summed E-state index contributed by atoms with van der Waals surface area (Å²) in [5.41, 5.74) is 2.72. The van der Waals surface area contributed by atoms with Crippen LogP contribution >= 0.6 is 34.5 Å². The summed E-state index contributed by atoms with van der Waals surface area (Å²) in [7, 11) is 0. The first kappa shape index (κ1) is 16.8. The van der Waals surface area contributed by atoms with Crippen LogP contribution < -0.4 is 4.80 Å². The lowest BCUT2D eigenvalue weighted by Crippen LogP contribution is -2.12. The summed E-state index contributed by atoms with van der Waals surface area (Å²) in [6, 6.07) is 9.37. The Labute approximate surface area is 153 Å². The predicted molar refractivity (Wildman–Crippen MR) is 102 cm³/mol. The molecule has 0 spiro atoms. The molecule has 0 aliphatic rings. The van der Waals surface area contributed by atoms with Crippen LogP contribution in [-0.4, -0.2) is 22.4 Å². The van der Waals surface area contributed by atoms with Gasteiger partial charge in [-0.25, -0.2) is 4.68 Å². The standard InChI is InChI=1S/C17H14Cl2N4S/c1-2-7-21-17-23(22-10-13-4-3-8-20-13)16(11-24-17)12-5-6-14(18)15(19)9-12/h2-6,8-11,20H,1,7H2. The lowest BCUT2D eigenvalue weighted by Gasteiger charge is -2.05. The van der Waals surface area contributed by atoms with Gasteiger partial charge in [0.2, 0.25) is 4.80 Å². The number of hydrogen-bond acceptors (Lipinski definition) is 3. The molecule has 0 aliphatic heterocycles. The Morgan fingerprint density at radius 1 is 1.25 bits per heavy atom. The van der Waals surface area contributed by atoms with Crippen LogP contribution in [-0.2, 0) is 0 Å². The third-order valence-corrected chi connectivity index (χ3v) is 4.78. The van der Waals surface area contributed by atoms with Gasteiger partial charge in [0, 0.05) is 17.1 Å². The fourth-order valence-corrected chi connectivity index (χ4v) is 3.21. The van der Waals surface area contributed by atoms with E-state index in [1.165, 1.54) is 11.3 Å². The second-order valence-corrected chi connectivity index (χ2v) is 6.49. The molecule has 1 N–H and O–H groups in total. The van der Waals surface area contributed by atoms with Crippen molar-refractivity contribution >= 4 is 40.8 Å². The van der Waals surface area contributed by atoms with Gasteiger partial charge in [0.1, 0.15) is 0 Å². The second kappa shape index (κ2) is 7.66. The van der Waals surface area contributed by atoms with E-state index in [0.29, 0.717) is 16.6 Å². The van der Waals surface area contributed by atoms with Gasteiger partial charge in [0.05, 0.1) is 34.2 Å². The van der Waals surface area contributed by atoms with E-state index >= 15 is 0 Å². The molecule has 2 heterocycles. The largest absolute Gasteiger partial charge is 0.360 e. The average Bonchev–Trinajstić information content (AvgIpc) is 3.23. The van der Waals surface area contributed by atoms with E-state index < -0.39 is 0 Å². The smallest absolute Gasteiger partial charge is 0.206 e. The van der Waals surface area contributed by atoms with E-state index in [-0.39, 0.29) is 0 Å². The summed E-state index contributed by atoms with van der Waals surface area (Å²) < 4.78 is 1.79. The molecule has 0 aliphatic carbocycles. The van der Waals surface area contributed by atoms with E-state index in [4.69, 9.17) is 23.2 Å². The van der Waals surface area contributed by atoms with E-state index in [9.17, 15) is 0 Å². The topological polar surface area (TPSA) is 45.4 Å². The fraction of sp³-hybridized carbons (Fsp3) is 0.0588. The predicted octanol–water partition coefficient (Wildman–Crippen LogP) is 4.82. The molecule has 0 saturated heterocycles. The van der Waals surface area contributed by atoms with Crippen molar-refractivity contribution in [3.8, 4) is 11.3 Å². The number of H-pyrrole nitrogens is 1. The normalized spacial score (nSPS) is 12.2. The van der Waals surface area contributed by atoms with Crippen LogP contribution in [0.3, 0.4) is 0 Å². The molecule has 0 amide bonds. The van der Waals surface area contributed by atoms with Gasteiger partial charge in [-0.05, 0) is 24.3 Å². The lowest BCUT2D eigenvalue weighted by atomic mass is 10.2. The van der Waals surface area contributed by atoms with Gasteiger partial charge < -0.3 is 4.98 Å². The first-order valence-corrected chi connectivity index (χ1v) is 8.77. The van der Waals surface area contributed by atoms with E-state index in [2.05, 4.69) is 21.7 Å². The van der Waals surface area contributed by atoms with Gasteiger partial charge in [0.15, 0.2) is 0 Å². The summed E-state index contributed by atoms with van der Waals surface area (Å²) in [5.74, 6) is 0. The van der Waals surface area contributed by atoms with Crippen LogP contribution in [0, 0.1) is 0 Å². The van der Waals surface area contributed by atoms with Crippen molar-refractivity contribution < 1.29 is 0 Å². The summed E-state index contributed by atoms with van der Waals surface area (Å²) in [6.45, 7) is 4.23. The molecule has 0 radical (unpaired) electrons. The first-order valence-electron chi connectivity index (χ1n) is 7.14. The third-order valence-electron chi connectivity index (χ3n) is 3.19. The van der Waals surface area contributed by atoms with Gasteiger partial charge >= 0.3 is 0 Å². The Kier molecular flexibility index (Phi) is 5.35. The molecule has 0 bridgehead atoms.